The van der Waals surface area contributed by atoms with Crippen molar-refractivity contribution in [2.45, 2.75) is 56.4 Å². The van der Waals surface area contributed by atoms with Gasteiger partial charge in [0, 0.05) is 6.04 Å². The Labute approximate surface area is 96.5 Å². The van der Waals surface area contributed by atoms with Gasteiger partial charge in [-0.15, -0.1) is 0 Å². The zero-order valence-electron chi connectivity index (χ0n) is 9.39. The van der Waals surface area contributed by atoms with Crippen LogP contribution in [0.4, 0.5) is 0 Å². The molecule has 1 fully saturated rings. The van der Waals surface area contributed by atoms with Crippen LogP contribution in [-0.2, 0) is 10.0 Å². The van der Waals surface area contributed by atoms with Crippen LogP contribution >= 0.6 is 0 Å². The first-order valence-corrected chi connectivity index (χ1v) is 7.14. The lowest BCUT2D eigenvalue weighted by Gasteiger charge is -2.28. The van der Waals surface area contributed by atoms with E-state index in [1.165, 1.54) is 0 Å². The van der Waals surface area contributed by atoms with Crippen molar-refractivity contribution < 1.29 is 13.5 Å². The van der Waals surface area contributed by atoms with Gasteiger partial charge in [0.2, 0.25) is 10.0 Å². The van der Waals surface area contributed by atoms with Gasteiger partial charge in [-0.2, -0.15) is 5.26 Å². The molecule has 0 bridgehead atoms. The summed E-state index contributed by atoms with van der Waals surface area (Å²) in [5.41, 5.74) is 0. The number of nitrogens with zero attached hydrogens (tertiary/aromatic N) is 1. The summed E-state index contributed by atoms with van der Waals surface area (Å²) >= 11 is 0. The zero-order chi connectivity index (χ0) is 12.2. The second-order valence-electron chi connectivity index (χ2n) is 4.15. The Morgan fingerprint density at radius 3 is 2.62 bits per heavy atom. The van der Waals surface area contributed by atoms with Gasteiger partial charge < -0.3 is 5.11 Å². The number of hydrogen-bond acceptors (Lipinski definition) is 4. The van der Waals surface area contributed by atoms with Crippen LogP contribution in [0, 0.1) is 11.3 Å². The summed E-state index contributed by atoms with van der Waals surface area (Å²) in [6.45, 7) is 1.66. The van der Waals surface area contributed by atoms with Crippen molar-refractivity contribution in [2.75, 3.05) is 0 Å². The Morgan fingerprint density at radius 2 is 2.12 bits per heavy atom. The Bertz CT molecular complexity index is 361. The standard InChI is InChI=1S/C10H18N2O3S/c1-2-8(7-11)16(14,15)12-9-5-3-4-6-10(9)13/h8-10,12-13H,2-6H2,1H3. The van der Waals surface area contributed by atoms with Gasteiger partial charge in [0.15, 0.2) is 5.25 Å². The minimum Gasteiger partial charge on any atom is -0.391 e. The van der Waals surface area contributed by atoms with E-state index in [4.69, 9.17) is 5.26 Å². The molecule has 0 spiro atoms. The second-order valence-corrected chi connectivity index (χ2v) is 6.04. The van der Waals surface area contributed by atoms with Gasteiger partial charge in [-0.05, 0) is 19.3 Å². The molecule has 5 nitrogen and oxygen atoms in total. The van der Waals surface area contributed by atoms with Gasteiger partial charge in [-0.1, -0.05) is 19.8 Å². The minimum absolute atomic E-state index is 0.259. The lowest BCUT2D eigenvalue weighted by Crippen LogP contribution is -2.47. The van der Waals surface area contributed by atoms with Crippen molar-refractivity contribution in [3.8, 4) is 6.07 Å². The summed E-state index contributed by atoms with van der Waals surface area (Å²) in [7, 11) is -3.63. The maximum atomic E-state index is 11.8. The number of sulfonamides is 1. The molecule has 2 N–H and O–H groups in total. The summed E-state index contributed by atoms with van der Waals surface area (Å²) in [5, 5.41) is 17.3. The van der Waals surface area contributed by atoms with E-state index in [-0.39, 0.29) is 6.42 Å². The van der Waals surface area contributed by atoms with Crippen molar-refractivity contribution in [1.29, 1.82) is 5.26 Å². The maximum absolute atomic E-state index is 11.8. The van der Waals surface area contributed by atoms with E-state index in [0.29, 0.717) is 12.8 Å². The smallest absolute Gasteiger partial charge is 0.228 e. The predicted molar refractivity (Wildman–Crippen MR) is 60.0 cm³/mol. The van der Waals surface area contributed by atoms with Crippen LogP contribution in [0.2, 0.25) is 0 Å². The molecule has 3 unspecified atom stereocenters. The summed E-state index contributed by atoms with van der Waals surface area (Å²) in [6.07, 6.45) is 2.73. The van der Waals surface area contributed by atoms with Crippen LogP contribution in [0.3, 0.4) is 0 Å². The number of nitriles is 1. The molecule has 1 rings (SSSR count). The summed E-state index contributed by atoms with van der Waals surface area (Å²) in [5.74, 6) is 0. The molecule has 0 saturated heterocycles. The molecule has 1 aliphatic carbocycles. The van der Waals surface area contributed by atoms with Gasteiger partial charge >= 0.3 is 0 Å². The number of nitrogens with one attached hydrogen (secondary N) is 1. The second kappa shape index (κ2) is 5.62. The summed E-state index contributed by atoms with van der Waals surface area (Å²) in [4.78, 5) is 0. The van der Waals surface area contributed by atoms with Gasteiger partial charge in [-0.25, -0.2) is 13.1 Å². The molecule has 0 aromatic carbocycles. The zero-order valence-corrected chi connectivity index (χ0v) is 10.2. The Balaban J connectivity index is 2.68. The van der Waals surface area contributed by atoms with Crippen molar-refractivity contribution >= 4 is 10.0 Å². The predicted octanol–water partition coefficient (Wildman–Crippen LogP) is 0.511. The highest BCUT2D eigenvalue weighted by atomic mass is 32.2. The van der Waals surface area contributed by atoms with Gasteiger partial charge in [-0.3, -0.25) is 0 Å². The highest BCUT2D eigenvalue weighted by Crippen LogP contribution is 2.19. The van der Waals surface area contributed by atoms with E-state index in [1.54, 1.807) is 13.0 Å². The van der Waals surface area contributed by atoms with Gasteiger partial charge in [0.1, 0.15) is 0 Å². The average Bonchev–Trinajstić information content (AvgIpc) is 2.22. The molecule has 1 aliphatic rings. The fourth-order valence-electron chi connectivity index (χ4n) is 1.92. The number of aliphatic hydroxyl groups is 1. The first-order chi connectivity index (χ1) is 7.51. The number of hydrogen-bond donors (Lipinski definition) is 2. The molecule has 3 atom stereocenters. The molecule has 0 heterocycles. The van der Waals surface area contributed by atoms with E-state index in [2.05, 4.69) is 4.72 Å². The van der Waals surface area contributed by atoms with E-state index in [9.17, 15) is 13.5 Å². The molecule has 0 aromatic heterocycles. The Hall–Kier alpha value is -0.640. The topological polar surface area (TPSA) is 90.2 Å². The van der Waals surface area contributed by atoms with E-state index in [0.717, 1.165) is 12.8 Å². The quantitative estimate of drug-likeness (QED) is 0.756. The van der Waals surface area contributed by atoms with E-state index < -0.39 is 27.4 Å². The monoisotopic (exact) mass is 246 g/mol. The molecule has 6 heteroatoms. The fourth-order valence-corrected chi connectivity index (χ4v) is 3.36. The molecular weight excluding hydrogens is 228 g/mol. The van der Waals surface area contributed by atoms with Crippen LogP contribution < -0.4 is 4.72 Å². The van der Waals surface area contributed by atoms with E-state index >= 15 is 0 Å². The normalized spacial score (nSPS) is 28.3. The summed E-state index contributed by atoms with van der Waals surface area (Å²) < 4.78 is 26.0. The minimum atomic E-state index is -3.63. The SMILES string of the molecule is CCC(C#N)S(=O)(=O)NC1CCCCC1O. The van der Waals surface area contributed by atoms with Crippen LogP contribution in [0.1, 0.15) is 39.0 Å². The molecular formula is C10H18N2O3S. The lowest BCUT2D eigenvalue weighted by atomic mass is 9.93. The average molecular weight is 246 g/mol. The van der Waals surface area contributed by atoms with Crippen molar-refractivity contribution in [3.63, 3.8) is 0 Å². The molecule has 16 heavy (non-hydrogen) atoms. The summed E-state index contributed by atoms with van der Waals surface area (Å²) in [6, 6.07) is 1.33. The van der Waals surface area contributed by atoms with Gasteiger partial charge in [0.05, 0.1) is 12.2 Å². The maximum Gasteiger partial charge on any atom is 0.228 e. The first kappa shape index (κ1) is 13.4. The third kappa shape index (κ3) is 3.17. The lowest BCUT2D eigenvalue weighted by molar-refractivity contribution is 0.101. The largest absolute Gasteiger partial charge is 0.391 e. The van der Waals surface area contributed by atoms with Crippen molar-refractivity contribution in [1.82, 2.24) is 4.72 Å². The van der Waals surface area contributed by atoms with Crippen LogP contribution in [0.15, 0.2) is 0 Å². The third-order valence-electron chi connectivity index (χ3n) is 2.93. The highest BCUT2D eigenvalue weighted by Gasteiger charge is 2.31. The fraction of sp³-hybridized carbons (Fsp3) is 0.900. The molecule has 0 aromatic rings. The van der Waals surface area contributed by atoms with Crippen LogP contribution in [0.25, 0.3) is 0 Å². The van der Waals surface area contributed by atoms with Crippen molar-refractivity contribution in [2.24, 2.45) is 0 Å². The Morgan fingerprint density at radius 1 is 1.50 bits per heavy atom. The van der Waals surface area contributed by atoms with Crippen LogP contribution in [0.5, 0.6) is 0 Å². The Kier molecular flexibility index (Phi) is 4.71. The van der Waals surface area contributed by atoms with Crippen molar-refractivity contribution in [3.05, 3.63) is 0 Å². The first-order valence-electron chi connectivity index (χ1n) is 5.60. The van der Waals surface area contributed by atoms with Crippen LogP contribution in [-0.4, -0.2) is 30.9 Å². The molecule has 0 radical (unpaired) electrons. The molecule has 0 amide bonds. The molecule has 92 valence electrons. The highest BCUT2D eigenvalue weighted by molar-refractivity contribution is 7.90. The third-order valence-corrected chi connectivity index (χ3v) is 4.75. The number of aliphatic hydroxyl groups excluding tert-OH is 1. The molecule has 0 aliphatic heterocycles. The molecule has 1 saturated carbocycles. The van der Waals surface area contributed by atoms with Gasteiger partial charge in [0.25, 0.3) is 0 Å². The number of rotatable bonds is 4. The van der Waals surface area contributed by atoms with E-state index in [1.807, 2.05) is 0 Å².